The van der Waals surface area contributed by atoms with Crippen LogP contribution in [-0.2, 0) is 0 Å². The molecule has 0 amide bonds. The Morgan fingerprint density at radius 2 is 2.04 bits per heavy atom. The lowest BCUT2D eigenvalue weighted by Crippen LogP contribution is -2.13. The van der Waals surface area contributed by atoms with Crippen molar-refractivity contribution >= 4 is 37.2 Å². The van der Waals surface area contributed by atoms with E-state index in [9.17, 15) is 19.3 Å². The molecule has 2 radical (unpaired) electrons. The SMILES string of the molecule is O=c1onc(-c2nonc2[N+](=O)[O-])n1-c1ccc(F)c(Br)c1.[B][BH3-]. The summed E-state index contributed by atoms with van der Waals surface area (Å²) in [5, 5.41) is 20.7. The molecule has 0 saturated carbocycles. The molecule has 14 heteroatoms. The minimum Gasteiger partial charge on any atom is -0.358 e. The molecule has 0 spiro atoms. The number of benzene rings is 1. The van der Waals surface area contributed by atoms with Crippen molar-refractivity contribution < 1.29 is 18.5 Å². The predicted octanol–water partition coefficient (Wildman–Crippen LogP) is 0.121. The zero-order valence-electron chi connectivity index (χ0n) is 10.8. The molecule has 0 atom stereocenters. The van der Waals surface area contributed by atoms with Crippen LogP contribution >= 0.6 is 15.9 Å². The average Bonchev–Trinajstić information content (AvgIpc) is 3.18. The lowest BCUT2D eigenvalue weighted by molar-refractivity contribution is -0.390. The number of nitrogens with zero attached hydrogens (tertiary/aromatic N) is 5. The van der Waals surface area contributed by atoms with Crippen molar-refractivity contribution in [3.05, 3.63) is 49.2 Å². The van der Waals surface area contributed by atoms with Gasteiger partial charge in [-0.25, -0.2) is 13.8 Å². The van der Waals surface area contributed by atoms with E-state index in [1.54, 1.807) is 0 Å². The molecule has 1 aromatic carbocycles. The summed E-state index contributed by atoms with van der Waals surface area (Å²) < 4.78 is 23.0. The largest absolute Gasteiger partial charge is 0.446 e. The van der Waals surface area contributed by atoms with E-state index in [2.05, 4.69) is 40.6 Å². The molecule has 10 nitrogen and oxygen atoms in total. The van der Waals surface area contributed by atoms with E-state index in [1.807, 2.05) is 0 Å². The zero-order valence-corrected chi connectivity index (χ0v) is 12.4. The maximum atomic E-state index is 13.3. The van der Waals surface area contributed by atoms with Crippen molar-refractivity contribution in [1.82, 2.24) is 20.0 Å². The van der Waals surface area contributed by atoms with Crippen molar-refractivity contribution in [1.29, 1.82) is 0 Å². The molecule has 0 unspecified atom stereocenters. The van der Waals surface area contributed by atoms with E-state index in [-0.39, 0.29) is 23.7 Å². The molecule has 2 aromatic heterocycles. The molecule has 0 saturated heterocycles. The van der Waals surface area contributed by atoms with Gasteiger partial charge in [0, 0.05) is 0 Å². The van der Waals surface area contributed by atoms with Gasteiger partial charge in [0.1, 0.15) is 5.82 Å². The molecule has 0 aliphatic rings. The highest BCUT2D eigenvalue weighted by atomic mass is 79.9. The van der Waals surface area contributed by atoms with Crippen molar-refractivity contribution in [2.75, 3.05) is 0 Å². The van der Waals surface area contributed by atoms with Gasteiger partial charge in [-0.2, -0.15) is 7.74 Å². The standard InChI is InChI=1S/C10H3BrFN5O5.B2H3/c11-5-3-4(1-2-6(5)12)16-8(14-21-10(16)18)7-9(17(19)20)15-22-13-7;1-2/h1-3H;1H3/q;-1. The van der Waals surface area contributed by atoms with Gasteiger partial charge >= 0.3 is 11.6 Å². The predicted molar refractivity (Wildman–Crippen MR) is 85.4 cm³/mol. The number of halogens is 2. The molecule has 122 valence electrons. The molecular weight excluding hydrogens is 391 g/mol. The molecule has 0 aliphatic heterocycles. The molecule has 3 rings (SSSR count). The molecule has 2 heterocycles. The fourth-order valence-electron chi connectivity index (χ4n) is 1.70. The Bertz CT molecular complexity index is 942. The third-order valence-corrected chi connectivity index (χ3v) is 3.23. The minimum absolute atomic E-state index is 0.0804. The lowest BCUT2D eigenvalue weighted by atomic mass is 9.81. The third kappa shape index (κ3) is 3.13. The van der Waals surface area contributed by atoms with Gasteiger partial charge in [-0.1, -0.05) is 12.9 Å². The summed E-state index contributed by atoms with van der Waals surface area (Å²) in [7, 11) is 5.00. The molecule has 0 fully saturated rings. The van der Waals surface area contributed by atoms with Crippen molar-refractivity contribution in [2.45, 2.75) is 0 Å². The summed E-state index contributed by atoms with van der Waals surface area (Å²) in [6.45, 7) is 0. The zero-order chi connectivity index (χ0) is 17.9. The summed E-state index contributed by atoms with van der Waals surface area (Å²) in [5.41, 5.74) is -0.233. The van der Waals surface area contributed by atoms with Crippen LogP contribution in [0.3, 0.4) is 0 Å². The lowest BCUT2D eigenvalue weighted by Gasteiger charge is -2.03. The van der Waals surface area contributed by atoms with E-state index in [0.29, 0.717) is 0 Å². The number of hydrogen-bond acceptors (Lipinski definition) is 8. The molecule has 24 heavy (non-hydrogen) atoms. The van der Waals surface area contributed by atoms with Crippen LogP contribution in [0.15, 0.2) is 36.6 Å². The van der Waals surface area contributed by atoms with E-state index in [4.69, 9.17) is 7.74 Å². The van der Waals surface area contributed by atoms with Crippen LogP contribution in [0.4, 0.5) is 10.2 Å². The van der Waals surface area contributed by atoms with Gasteiger partial charge in [0.15, 0.2) is 5.16 Å². The van der Waals surface area contributed by atoms with Crippen LogP contribution in [0.5, 0.6) is 0 Å². The Labute approximate surface area is 142 Å². The first kappa shape index (κ1) is 17.6. The normalized spacial score (nSPS) is 10.1. The minimum atomic E-state index is -0.939. The first-order valence-electron chi connectivity index (χ1n) is 5.50. The van der Waals surface area contributed by atoms with Crippen LogP contribution in [0.2, 0.25) is 0 Å². The molecule has 0 aliphatic carbocycles. The van der Waals surface area contributed by atoms with Gasteiger partial charge in [0.25, 0.3) is 5.69 Å². The Morgan fingerprint density at radius 1 is 1.33 bits per heavy atom. The van der Waals surface area contributed by atoms with Crippen LogP contribution in [0, 0.1) is 15.9 Å². The van der Waals surface area contributed by atoms with Gasteiger partial charge in [-0.3, -0.25) is 4.52 Å². The van der Waals surface area contributed by atoms with E-state index < -0.39 is 28.0 Å². The van der Waals surface area contributed by atoms with Crippen LogP contribution in [-0.4, -0.2) is 40.4 Å². The Hall–Kier alpha value is -2.76. The third-order valence-electron chi connectivity index (χ3n) is 2.62. The number of aromatic nitrogens is 4. The first-order chi connectivity index (χ1) is 11.5. The van der Waals surface area contributed by atoms with Crippen molar-refractivity contribution in [3.8, 4) is 17.2 Å². The van der Waals surface area contributed by atoms with Crippen LogP contribution < -0.4 is 5.76 Å². The van der Waals surface area contributed by atoms with Crippen molar-refractivity contribution in [3.63, 3.8) is 0 Å². The summed E-state index contributed by atoms with van der Waals surface area (Å²) in [4.78, 5) is 21.8. The highest BCUT2D eigenvalue weighted by Gasteiger charge is 2.30. The highest BCUT2D eigenvalue weighted by molar-refractivity contribution is 9.10. The van der Waals surface area contributed by atoms with Gasteiger partial charge in [-0.15, -0.1) is 4.63 Å². The maximum absolute atomic E-state index is 13.3. The van der Waals surface area contributed by atoms with Crippen LogP contribution in [0.1, 0.15) is 0 Å². The van der Waals surface area contributed by atoms with Crippen LogP contribution in [0.25, 0.3) is 17.2 Å². The molecule has 0 N–H and O–H groups in total. The van der Waals surface area contributed by atoms with Crippen molar-refractivity contribution in [2.24, 2.45) is 0 Å². The second kappa shape index (κ2) is 7.21. The summed E-state index contributed by atoms with van der Waals surface area (Å²) in [5.74, 6) is -2.52. The van der Waals surface area contributed by atoms with Gasteiger partial charge in [-0.05, 0) is 44.2 Å². The Balaban J connectivity index is 0.00000100. The fraction of sp³-hybridized carbons (Fsp3) is 0. The molecular formula is C10H6B2BrFN5O5-. The highest BCUT2D eigenvalue weighted by Crippen LogP contribution is 2.26. The maximum Gasteiger partial charge on any atom is 0.446 e. The average molecular weight is 397 g/mol. The second-order valence-electron chi connectivity index (χ2n) is 3.90. The van der Waals surface area contributed by atoms with Gasteiger partial charge in [0.05, 0.1) is 10.2 Å². The number of rotatable bonds is 3. The monoisotopic (exact) mass is 396 g/mol. The van der Waals surface area contributed by atoms with E-state index in [0.717, 1.165) is 10.6 Å². The summed E-state index contributed by atoms with van der Waals surface area (Å²) >= 11 is 2.97. The van der Waals surface area contributed by atoms with Gasteiger partial charge < -0.3 is 10.1 Å². The quantitative estimate of drug-likeness (QED) is 0.346. The topological polar surface area (TPSA) is 130 Å². The van der Waals surface area contributed by atoms with E-state index >= 15 is 0 Å². The summed E-state index contributed by atoms with van der Waals surface area (Å²) in [6.07, 6.45) is 0. The Kier molecular flexibility index (Phi) is 5.28. The number of nitro groups is 1. The second-order valence-corrected chi connectivity index (χ2v) is 4.75. The first-order valence-corrected chi connectivity index (χ1v) is 6.30. The molecule has 0 bridgehead atoms. The Morgan fingerprint density at radius 3 is 2.67 bits per heavy atom. The van der Waals surface area contributed by atoms with E-state index in [1.165, 1.54) is 12.1 Å². The molecule has 3 aromatic rings. The van der Waals surface area contributed by atoms with Gasteiger partial charge in [0.2, 0.25) is 5.82 Å². The number of hydrogen-bond donors (Lipinski definition) is 0. The fourth-order valence-corrected chi connectivity index (χ4v) is 2.06. The summed E-state index contributed by atoms with van der Waals surface area (Å²) in [6, 6.07) is 3.64. The smallest absolute Gasteiger partial charge is 0.358 e.